The number of amides is 2. The second kappa shape index (κ2) is 16.5. The second-order valence-corrected chi connectivity index (χ2v) is 19.9. The largest absolute Gasteiger partial charge is 0.470 e. The molecule has 2 aromatic carbocycles. The Kier molecular flexibility index (Phi) is 11.2. The molecule has 3 fully saturated rings. The van der Waals surface area contributed by atoms with Gasteiger partial charge in [-0.25, -0.2) is 18.4 Å². The van der Waals surface area contributed by atoms with Gasteiger partial charge in [-0.2, -0.15) is 18.2 Å². The molecule has 5 aromatic rings. The van der Waals surface area contributed by atoms with E-state index in [2.05, 4.69) is 9.71 Å². The van der Waals surface area contributed by atoms with Crippen LogP contribution in [0.15, 0.2) is 70.5 Å². The summed E-state index contributed by atoms with van der Waals surface area (Å²) in [7, 11) is -3.89. The van der Waals surface area contributed by atoms with E-state index in [0.29, 0.717) is 54.2 Å². The summed E-state index contributed by atoms with van der Waals surface area (Å²) in [6.45, 7) is 2.01. The number of thiazole rings is 1. The van der Waals surface area contributed by atoms with Crippen molar-refractivity contribution in [2.24, 2.45) is 17.3 Å². The van der Waals surface area contributed by atoms with Crippen LogP contribution in [0.2, 0.25) is 0 Å². The number of para-hydroxylation sites is 1. The van der Waals surface area contributed by atoms with Crippen LogP contribution in [0.5, 0.6) is 5.88 Å². The molecular weight excluding hydrogens is 844 g/mol. The van der Waals surface area contributed by atoms with Gasteiger partial charge in [0, 0.05) is 41.5 Å². The van der Waals surface area contributed by atoms with E-state index in [-0.39, 0.29) is 54.3 Å². The molecule has 5 heterocycles. The Labute approximate surface area is 360 Å². The van der Waals surface area contributed by atoms with Crippen LogP contribution in [0.1, 0.15) is 87.4 Å². The minimum Gasteiger partial charge on any atom is -0.470 e. The maximum absolute atomic E-state index is 14.9. The van der Waals surface area contributed by atoms with Crippen molar-refractivity contribution in [1.29, 1.82) is 0 Å². The van der Waals surface area contributed by atoms with Gasteiger partial charge in [0.1, 0.15) is 17.2 Å². The topological polar surface area (TPSA) is 162 Å². The highest BCUT2D eigenvalue weighted by molar-refractivity contribution is 7.90. The number of nitrogens with one attached hydrogen (secondary N) is 1. The Morgan fingerprint density at radius 2 is 1.82 bits per heavy atom. The van der Waals surface area contributed by atoms with Crippen LogP contribution < -0.4 is 9.46 Å². The molecule has 0 spiro atoms. The van der Waals surface area contributed by atoms with Crippen LogP contribution in [0.25, 0.3) is 33.5 Å². The number of hydrogen-bond donors (Lipinski definition) is 1. The number of hydrogen-bond acceptors (Lipinski definition) is 11. The van der Waals surface area contributed by atoms with Crippen molar-refractivity contribution in [1.82, 2.24) is 24.6 Å². The monoisotopic (exact) mass is 889 g/mol. The Morgan fingerprint density at radius 3 is 2.56 bits per heavy atom. The zero-order valence-corrected chi connectivity index (χ0v) is 35.7. The predicted molar refractivity (Wildman–Crippen MR) is 225 cm³/mol. The van der Waals surface area contributed by atoms with E-state index in [0.717, 1.165) is 54.9 Å². The van der Waals surface area contributed by atoms with Gasteiger partial charge in [0.2, 0.25) is 27.4 Å². The predicted octanol–water partition coefficient (Wildman–Crippen LogP) is 8.38. The Bertz CT molecular complexity index is 2680. The third-order valence-corrected chi connectivity index (χ3v) is 15.4. The molecule has 1 saturated heterocycles. The Morgan fingerprint density at radius 1 is 1.03 bits per heavy atom. The average molecular weight is 890 g/mol. The fourth-order valence-electron chi connectivity index (χ4n) is 8.88. The van der Waals surface area contributed by atoms with Crippen molar-refractivity contribution in [3.63, 3.8) is 0 Å². The van der Waals surface area contributed by atoms with Crippen LogP contribution in [-0.2, 0) is 43.4 Å². The van der Waals surface area contributed by atoms with E-state index in [4.69, 9.17) is 19.1 Å². The molecule has 9 rings (SSSR count). The molecule has 0 unspecified atom stereocenters. The quantitative estimate of drug-likeness (QED) is 0.142. The number of ketones is 1. The van der Waals surface area contributed by atoms with Gasteiger partial charge in [-0.3, -0.25) is 19.1 Å². The fourth-order valence-corrected chi connectivity index (χ4v) is 11.2. The molecule has 4 aliphatic rings. The van der Waals surface area contributed by atoms with Crippen molar-refractivity contribution in [3.05, 3.63) is 82.3 Å². The molecule has 0 radical (unpaired) electrons. The number of aromatic nitrogens is 3. The molecule has 62 heavy (non-hydrogen) atoms. The van der Waals surface area contributed by atoms with E-state index in [9.17, 15) is 36.0 Å². The van der Waals surface area contributed by atoms with Gasteiger partial charge in [0.05, 0.1) is 39.5 Å². The van der Waals surface area contributed by atoms with E-state index < -0.39 is 56.4 Å². The van der Waals surface area contributed by atoms with Crippen LogP contribution >= 0.6 is 11.3 Å². The lowest BCUT2D eigenvalue weighted by atomic mass is 9.90. The number of rotatable bonds is 9. The number of carbonyl (C=O) groups is 3. The number of nitrogens with zero attached hydrogens (tertiary/aromatic N) is 4. The van der Waals surface area contributed by atoms with Gasteiger partial charge in [0.25, 0.3) is 5.88 Å². The number of alkyl halides is 3. The number of aryl methyl sites for hydroxylation is 1. The van der Waals surface area contributed by atoms with Gasteiger partial charge in [-0.05, 0) is 75.1 Å². The number of sulfonamides is 1. The lowest BCUT2D eigenvalue weighted by Crippen LogP contribution is -2.46. The highest BCUT2D eigenvalue weighted by Crippen LogP contribution is 2.57. The van der Waals surface area contributed by atoms with E-state index >= 15 is 0 Å². The molecule has 2 amide bonds. The Balaban J connectivity index is 1.07. The van der Waals surface area contributed by atoms with Crippen molar-refractivity contribution in [2.75, 3.05) is 6.54 Å². The number of carbonyl (C=O) groups excluding carboxylic acids is 3. The van der Waals surface area contributed by atoms with Crippen LogP contribution in [0, 0.1) is 17.3 Å². The molecule has 17 heteroatoms. The maximum Gasteiger partial charge on any atom is 0.416 e. The molecule has 2 saturated carbocycles. The smallest absolute Gasteiger partial charge is 0.416 e. The third-order valence-electron chi connectivity index (χ3n) is 12.7. The molecule has 3 aromatic heterocycles. The number of fused-ring (bicyclic) bond motifs is 5. The average Bonchev–Trinajstić information content (AvgIpc) is 4.08. The standard InChI is InChI=1S/C45H46F3N5O7S2/c1-2-30-25-61-37(49-30)20-27-10-6-4-3-5-7-11-29-22-44(29,43(56)52-62(57,58)32-18-19-32)23-35(54)34-21-31(24-53(34)42(27)55)59-41-39-38(33-12-8-9-13-36(33)60-39)50-40(51-41)26-14-16-28(17-15-26)45(46,47)48/h7-9,11-17,25,27,29,31-32,34H,2-6,10,18-24H2,1H3,(H,52,56)/b11-7-/t27-,29-,31-,34+,44-/m1/s1. The third kappa shape index (κ3) is 8.49. The molecule has 12 nitrogen and oxygen atoms in total. The number of Topliss-reactive ketones (excluding diaryl/α,β-unsaturated/α-hetero) is 1. The Hall–Kier alpha value is -5.16. The lowest BCUT2D eigenvalue weighted by molar-refractivity contribution is -0.142. The zero-order valence-electron chi connectivity index (χ0n) is 34.0. The van der Waals surface area contributed by atoms with Gasteiger partial charge >= 0.3 is 6.18 Å². The summed E-state index contributed by atoms with van der Waals surface area (Å²) in [6.07, 6.45) is 4.56. The molecule has 326 valence electrons. The summed E-state index contributed by atoms with van der Waals surface area (Å²) in [5.41, 5.74) is 0.169. The fraction of sp³-hybridized carbons (Fsp3) is 0.467. The molecule has 1 N–H and O–H groups in total. The van der Waals surface area contributed by atoms with E-state index in [1.807, 2.05) is 24.5 Å². The highest BCUT2D eigenvalue weighted by Gasteiger charge is 2.61. The molecule has 2 aliphatic carbocycles. The van der Waals surface area contributed by atoms with Crippen molar-refractivity contribution >= 4 is 61.0 Å². The number of furan rings is 1. The minimum atomic E-state index is -4.54. The first-order valence-corrected chi connectivity index (χ1v) is 23.7. The zero-order chi connectivity index (χ0) is 43.4. The summed E-state index contributed by atoms with van der Waals surface area (Å²) < 4.78 is 81.6. The lowest BCUT2D eigenvalue weighted by Gasteiger charge is -2.29. The van der Waals surface area contributed by atoms with Gasteiger partial charge in [0.15, 0.2) is 11.6 Å². The van der Waals surface area contributed by atoms with Crippen LogP contribution in [-0.4, -0.2) is 69.8 Å². The first-order chi connectivity index (χ1) is 29.7. The summed E-state index contributed by atoms with van der Waals surface area (Å²) in [4.78, 5) is 59.3. The van der Waals surface area contributed by atoms with Crippen molar-refractivity contribution in [3.8, 4) is 17.3 Å². The molecule has 2 aliphatic heterocycles. The van der Waals surface area contributed by atoms with Crippen molar-refractivity contribution < 1.29 is 45.1 Å². The first-order valence-electron chi connectivity index (χ1n) is 21.2. The summed E-state index contributed by atoms with van der Waals surface area (Å²) in [5.74, 6) is -2.07. The van der Waals surface area contributed by atoms with Gasteiger partial charge in [-0.1, -0.05) is 56.2 Å². The number of ether oxygens (including phenoxy) is 1. The SMILES string of the molecule is CCc1csc(C[C@H]2CCCCC/C=C\[C@@H]3C[C@@]3(C(=O)NS(=O)(=O)C3CC3)CC(=O)[C@@H]3C[C@@H](Oc4nc(-c5ccc(C(F)(F)F)cc5)nc5c4oc4ccccc45)CN3C2=O)n1. The molecule has 5 atom stereocenters. The van der Waals surface area contributed by atoms with E-state index in [1.54, 1.807) is 29.2 Å². The number of benzene rings is 2. The van der Waals surface area contributed by atoms with Gasteiger partial charge < -0.3 is 14.1 Å². The normalized spacial score (nSPS) is 25.5. The summed E-state index contributed by atoms with van der Waals surface area (Å²) >= 11 is 1.50. The number of allylic oxidation sites excluding steroid dienone is 2. The summed E-state index contributed by atoms with van der Waals surface area (Å²) in [6, 6.07) is 10.6. The molecule has 0 bridgehead atoms. The van der Waals surface area contributed by atoms with Crippen LogP contribution in [0.4, 0.5) is 13.2 Å². The van der Waals surface area contributed by atoms with E-state index in [1.165, 1.54) is 23.5 Å². The molecular formula is C45H46F3N5O7S2. The minimum absolute atomic E-state index is 0.00584. The second-order valence-electron chi connectivity index (χ2n) is 17.0. The summed E-state index contributed by atoms with van der Waals surface area (Å²) in [5, 5.41) is 2.82. The van der Waals surface area contributed by atoms with Gasteiger partial charge in [-0.15, -0.1) is 11.3 Å². The highest BCUT2D eigenvalue weighted by atomic mass is 32.2. The van der Waals surface area contributed by atoms with Crippen molar-refractivity contribution in [2.45, 2.75) is 108 Å². The van der Waals surface area contributed by atoms with Crippen LogP contribution in [0.3, 0.4) is 0 Å². The first kappa shape index (κ1) is 42.2. The number of halogens is 3. The maximum atomic E-state index is 14.9.